The summed E-state index contributed by atoms with van der Waals surface area (Å²) in [5, 5.41) is 2.67. The van der Waals surface area contributed by atoms with E-state index >= 15 is 0 Å². The Morgan fingerprint density at radius 2 is 1.74 bits per heavy atom. The molecule has 0 aliphatic carbocycles. The van der Waals surface area contributed by atoms with E-state index in [0.717, 1.165) is 18.4 Å². The van der Waals surface area contributed by atoms with Gasteiger partial charge in [0.2, 0.25) is 5.91 Å². The second-order valence-electron chi connectivity index (χ2n) is 6.61. The van der Waals surface area contributed by atoms with Gasteiger partial charge in [-0.15, -0.1) is 0 Å². The van der Waals surface area contributed by atoms with Gasteiger partial charge < -0.3 is 10.2 Å². The number of anilines is 1. The Labute approximate surface area is 158 Å². The summed E-state index contributed by atoms with van der Waals surface area (Å²) in [4.78, 5) is 37.8. The lowest BCUT2D eigenvalue weighted by atomic mass is 9.99. The van der Waals surface area contributed by atoms with Crippen LogP contribution in [0.3, 0.4) is 0 Å². The van der Waals surface area contributed by atoms with Crippen LogP contribution in [-0.4, -0.2) is 35.6 Å². The van der Waals surface area contributed by atoms with Gasteiger partial charge in [0.1, 0.15) is 0 Å². The molecule has 0 saturated heterocycles. The summed E-state index contributed by atoms with van der Waals surface area (Å²) in [6.07, 6.45) is 2.66. The second-order valence-corrected chi connectivity index (χ2v) is 6.61. The van der Waals surface area contributed by atoms with Gasteiger partial charge in [-0.05, 0) is 61.2 Å². The number of benzene rings is 2. The Morgan fingerprint density at radius 3 is 2.44 bits per heavy atom. The number of hydrogen-bond acceptors (Lipinski definition) is 3. The van der Waals surface area contributed by atoms with Crippen molar-refractivity contribution < 1.29 is 14.4 Å². The molecule has 0 radical (unpaired) electrons. The highest BCUT2D eigenvalue weighted by atomic mass is 16.2. The predicted octanol–water partition coefficient (Wildman–Crippen LogP) is 3.25. The van der Waals surface area contributed by atoms with E-state index in [9.17, 15) is 14.4 Å². The van der Waals surface area contributed by atoms with E-state index < -0.39 is 0 Å². The van der Waals surface area contributed by atoms with Crippen molar-refractivity contribution in [2.24, 2.45) is 0 Å². The van der Waals surface area contributed by atoms with Crippen molar-refractivity contribution in [1.29, 1.82) is 0 Å². The van der Waals surface area contributed by atoms with Crippen molar-refractivity contribution >= 4 is 23.3 Å². The highest BCUT2D eigenvalue weighted by molar-refractivity contribution is 6.01. The third-order valence-electron chi connectivity index (χ3n) is 4.76. The number of nitrogens with one attached hydrogen (secondary N) is 1. The number of carbonyl (C=O) groups is 3. The molecular weight excluding hydrogens is 340 g/mol. The third kappa shape index (κ3) is 4.31. The van der Waals surface area contributed by atoms with Gasteiger partial charge in [0.05, 0.1) is 0 Å². The maximum Gasteiger partial charge on any atom is 0.253 e. The molecule has 1 N–H and O–H groups in total. The number of carbonyl (C=O) groups excluding carboxylic acids is 3. The maximum atomic E-state index is 12.9. The van der Waals surface area contributed by atoms with E-state index in [-0.39, 0.29) is 17.6 Å². The summed E-state index contributed by atoms with van der Waals surface area (Å²) in [5.74, 6) is -0.330. The van der Waals surface area contributed by atoms with E-state index in [0.29, 0.717) is 29.9 Å². The zero-order chi connectivity index (χ0) is 19.4. The Kier molecular flexibility index (Phi) is 5.50. The number of hydrogen-bond donors (Lipinski definition) is 1. The lowest BCUT2D eigenvalue weighted by Gasteiger charge is -2.20. The molecule has 138 valence electrons. The number of amides is 2. The van der Waals surface area contributed by atoms with Crippen LogP contribution in [0.4, 0.5) is 5.69 Å². The van der Waals surface area contributed by atoms with Gasteiger partial charge in [0, 0.05) is 29.9 Å². The Hall–Kier alpha value is -3.21. The molecule has 0 spiro atoms. The molecule has 3 rings (SSSR count). The lowest BCUT2D eigenvalue weighted by Crippen LogP contribution is -2.33. The minimum atomic E-state index is -0.314. The van der Waals surface area contributed by atoms with Crippen LogP contribution in [0.25, 0.3) is 0 Å². The summed E-state index contributed by atoms with van der Waals surface area (Å²) in [6.45, 7) is 6.20. The smallest absolute Gasteiger partial charge is 0.253 e. The molecule has 27 heavy (non-hydrogen) atoms. The van der Waals surface area contributed by atoms with Gasteiger partial charge in [-0.2, -0.15) is 0 Å². The normalized spacial score (nSPS) is 13.3. The average Bonchev–Trinajstić information content (AvgIpc) is 2.89. The average molecular weight is 362 g/mol. The Morgan fingerprint density at radius 1 is 1.00 bits per heavy atom. The first kappa shape index (κ1) is 18.6. The van der Waals surface area contributed by atoms with Crippen molar-refractivity contribution in [1.82, 2.24) is 4.90 Å². The van der Waals surface area contributed by atoms with E-state index in [2.05, 4.69) is 11.9 Å². The van der Waals surface area contributed by atoms with Crippen LogP contribution < -0.4 is 5.32 Å². The Balaban J connectivity index is 1.75. The van der Waals surface area contributed by atoms with Gasteiger partial charge in [-0.3, -0.25) is 14.4 Å². The van der Waals surface area contributed by atoms with E-state index in [1.807, 2.05) is 23.1 Å². The van der Waals surface area contributed by atoms with E-state index in [1.54, 1.807) is 31.2 Å². The lowest BCUT2D eigenvalue weighted by molar-refractivity contribution is -0.111. The fraction of sp³-hybridized carbons (Fsp3) is 0.227. The maximum absolute atomic E-state index is 12.9. The monoisotopic (exact) mass is 362 g/mol. The molecule has 5 nitrogen and oxygen atoms in total. The van der Waals surface area contributed by atoms with Gasteiger partial charge in [-0.1, -0.05) is 24.8 Å². The molecule has 1 aliphatic rings. The van der Waals surface area contributed by atoms with Crippen LogP contribution in [0.15, 0.2) is 55.1 Å². The van der Waals surface area contributed by atoms with Crippen molar-refractivity contribution in [2.45, 2.75) is 19.8 Å². The molecule has 5 heteroatoms. The minimum absolute atomic E-state index is 0.0494. The molecule has 1 heterocycles. The van der Waals surface area contributed by atoms with Crippen molar-refractivity contribution in [3.8, 4) is 0 Å². The van der Waals surface area contributed by atoms with Crippen LogP contribution in [0.1, 0.15) is 38.8 Å². The molecule has 0 atom stereocenters. The summed E-state index contributed by atoms with van der Waals surface area (Å²) >= 11 is 0. The zero-order valence-corrected chi connectivity index (χ0v) is 15.3. The predicted molar refractivity (Wildman–Crippen MR) is 105 cm³/mol. The first-order valence-electron chi connectivity index (χ1n) is 8.93. The quantitative estimate of drug-likeness (QED) is 0.671. The molecule has 0 bridgehead atoms. The van der Waals surface area contributed by atoms with Crippen LogP contribution in [-0.2, 0) is 17.6 Å². The standard InChI is InChI=1S/C22H22N2O3/c1-3-21(26)23-20-6-4-5-19(14-20)22(27)24-11-9-16-7-8-17(15(2)25)13-18(16)10-12-24/h3-8,13-14H,1,9-12H2,2H3,(H,23,26). The van der Waals surface area contributed by atoms with Crippen molar-refractivity contribution in [3.05, 3.63) is 77.4 Å². The molecule has 2 aromatic rings. The highest BCUT2D eigenvalue weighted by Crippen LogP contribution is 2.20. The van der Waals surface area contributed by atoms with E-state index in [1.165, 1.54) is 11.6 Å². The molecule has 0 fully saturated rings. The number of rotatable bonds is 4. The second kappa shape index (κ2) is 7.99. The van der Waals surface area contributed by atoms with E-state index in [4.69, 9.17) is 0 Å². The van der Waals surface area contributed by atoms with Gasteiger partial charge in [0.25, 0.3) is 5.91 Å². The first-order chi connectivity index (χ1) is 13.0. The van der Waals surface area contributed by atoms with Crippen LogP contribution in [0.5, 0.6) is 0 Å². The largest absolute Gasteiger partial charge is 0.338 e. The summed E-state index contributed by atoms with van der Waals surface area (Å²) in [5.41, 5.74) is 4.12. The molecule has 0 saturated carbocycles. The molecule has 0 aromatic heterocycles. The third-order valence-corrected chi connectivity index (χ3v) is 4.76. The number of ketones is 1. The van der Waals surface area contributed by atoms with Crippen molar-refractivity contribution in [3.63, 3.8) is 0 Å². The number of nitrogens with zero attached hydrogens (tertiary/aromatic N) is 1. The van der Waals surface area contributed by atoms with Gasteiger partial charge in [-0.25, -0.2) is 0 Å². The van der Waals surface area contributed by atoms with Crippen LogP contribution >= 0.6 is 0 Å². The number of fused-ring (bicyclic) bond motifs is 1. The first-order valence-corrected chi connectivity index (χ1v) is 8.93. The molecular formula is C22H22N2O3. The van der Waals surface area contributed by atoms with Crippen LogP contribution in [0.2, 0.25) is 0 Å². The molecule has 1 aliphatic heterocycles. The zero-order valence-electron chi connectivity index (χ0n) is 15.3. The summed E-state index contributed by atoms with van der Waals surface area (Å²) in [6, 6.07) is 12.7. The Bertz CT molecular complexity index is 918. The van der Waals surface area contributed by atoms with Crippen LogP contribution in [0, 0.1) is 0 Å². The van der Waals surface area contributed by atoms with Gasteiger partial charge in [0.15, 0.2) is 5.78 Å². The summed E-state index contributed by atoms with van der Waals surface area (Å²) in [7, 11) is 0. The van der Waals surface area contributed by atoms with Crippen molar-refractivity contribution in [2.75, 3.05) is 18.4 Å². The molecule has 2 amide bonds. The summed E-state index contributed by atoms with van der Waals surface area (Å²) < 4.78 is 0. The fourth-order valence-corrected chi connectivity index (χ4v) is 3.25. The van der Waals surface area contributed by atoms with Gasteiger partial charge >= 0.3 is 0 Å². The SMILES string of the molecule is C=CC(=O)Nc1cccc(C(=O)N2CCc3ccc(C(C)=O)cc3CC2)c1. The highest BCUT2D eigenvalue weighted by Gasteiger charge is 2.20. The fourth-order valence-electron chi connectivity index (χ4n) is 3.25. The number of Topliss-reactive ketones (excluding diaryl/α,β-unsaturated/α-hetero) is 1. The molecule has 0 unspecified atom stereocenters. The minimum Gasteiger partial charge on any atom is -0.338 e. The molecule has 2 aromatic carbocycles. The topological polar surface area (TPSA) is 66.5 Å².